The maximum Gasteiger partial charge on any atom is 0.318 e. The highest BCUT2D eigenvalue weighted by Crippen LogP contribution is 2.16. The second kappa shape index (κ2) is 7.79. The summed E-state index contributed by atoms with van der Waals surface area (Å²) in [7, 11) is -3.22. The van der Waals surface area contributed by atoms with Gasteiger partial charge >= 0.3 is 6.03 Å². The molecule has 1 aromatic rings. The second-order valence-electron chi connectivity index (χ2n) is 5.99. The van der Waals surface area contributed by atoms with Crippen molar-refractivity contribution in [2.45, 2.75) is 25.5 Å². The van der Waals surface area contributed by atoms with Gasteiger partial charge in [-0.2, -0.15) is 0 Å². The second-order valence-corrected chi connectivity index (χ2v) is 8.17. The molecule has 128 valence electrons. The van der Waals surface area contributed by atoms with Crippen LogP contribution in [0, 0.1) is 0 Å². The molecule has 0 saturated carbocycles. The summed E-state index contributed by atoms with van der Waals surface area (Å²) in [6.07, 6.45) is 1.94. The number of ether oxygens (including phenoxy) is 1. The Morgan fingerprint density at radius 2 is 2.09 bits per heavy atom. The van der Waals surface area contributed by atoms with Crippen LogP contribution in [0.25, 0.3) is 0 Å². The van der Waals surface area contributed by atoms with Crippen LogP contribution in [-0.4, -0.2) is 57.2 Å². The fourth-order valence-electron chi connectivity index (χ4n) is 2.63. The van der Waals surface area contributed by atoms with Crippen LogP contribution in [-0.2, 0) is 14.6 Å². The molecule has 2 atom stereocenters. The van der Waals surface area contributed by atoms with Crippen molar-refractivity contribution in [2.24, 2.45) is 0 Å². The lowest BCUT2D eigenvalue weighted by atomic mass is 10.1. The molecular formula is C16H24N2O4S. The summed E-state index contributed by atoms with van der Waals surface area (Å²) in [6, 6.07) is 8.36. The molecule has 0 aliphatic carbocycles. The maximum absolute atomic E-state index is 12.5. The third-order valence-corrected chi connectivity index (χ3v) is 4.65. The molecule has 1 heterocycles. The van der Waals surface area contributed by atoms with Gasteiger partial charge < -0.3 is 15.0 Å². The van der Waals surface area contributed by atoms with E-state index < -0.39 is 15.9 Å². The van der Waals surface area contributed by atoms with Crippen LogP contribution in [0.4, 0.5) is 4.79 Å². The summed E-state index contributed by atoms with van der Waals surface area (Å²) in [4.78, 5) is 14.2. The van der Waals surface area contributed by atoms with Crippen molar-refractivity contribution in [2.75, 3.05) is 31.7 Å². The normalized spacial score (nSPS) is 20.6. The number of hydrogen-bond donors (Lipinski definition) is 1. The van der Waals surface area contributed by atoms with E-state index in [0.717, 1.165) is 12.0 Å². The SMILES string of the molecule is CC1CN(C(=O)NC(CS(C)(=O)=O)c2ccccc2)CCCO1. The third kappa shape index (κ3) is 5.84. The lowest BCUT2D eigenvalue weighted by Crippen LogP contribution is -2.45. The Bertz CT molecular complexity index is 618. The predicted octanol–water partition coefficient (Wildman–Crippen LogP) is 1.59. The molecule has 0 radical (unpaired) electrons. The summed E-state index contributed by atoms with van der Waals surface area (Å²) in [5, 5.41) is 2.86. The topological polar surface area (TPSA) is 75.7 Å². The first kappa shape index (κ1) is 17.7. The van der Waals surface area contributed by atoms with Gasteiger partial charge in [0.15, 0.2) is 0 Å². The highest BCUT2D eigenvalue weighted by molar-refractivity contribution is 7.90. The Morgan fingerprint density at radius 1 is 1.39 bits per heavy atom. The molecule has 1 aliphatic rings. The van der Waals surface area contributed by atoms with Crippen molar-refractivity contribution in [1.82, 2.24) is 10.2 Å². The number of rotatable bonds is 4. The van der Waals surface area contributed by atoms with Gasteiger partial charge in [-0.05, 0) is 18.9 Å². The van der Waals surface area contributed by atoms with Crippen molar-refractivity contribution in [3.8, 4) is 0 Å². The fourth-order valence-corrected chi connectivity index (χ4v) is 3.51. The van der Waals surface area contributed by atoms with Crippen molar-refractivity contribution < 1.29 is 17.9 Å². The van der Waals surface area contributed by atoms with Crippen LogP contribution >= 0.6 is 0 Å². The first-order valence-corrected chi connectivity index (χ1v) is 9.81. The number of amides is 2. The molecule has 7 heteroatoms. The Balaban J connectivity index is 2.11. The van der Waals surface area contributed by atoms with Gasteiger partial charge in [0, 0.05) is 26.0 Å². The van der Waals surface area contributed by atoms with E-state index in [0.29, 0.717) is 19.7 Å². The number of benzene rings is 1. The number of nitrogens with one attached hydrogen (secondary N) is 1. The van der Waals surface area contributed by atoms with E-state index in [9.17, 15) is 13.2 Å². The van der Waals surface area contributed by atoms with Crippen molar-refractivity contribution in [1.29, 1.82) is 0 Å². The first-order valence-electron chi connectivity index (χ1n) is 7.75. The molecule has 1 fully saturated rings. The summed E-state index contributed by atoms with van der Waals surface area (Å²) in [5.41, 5.74) is 0.783. The summed E-state index contributed by atoms with van der Waals surface area (Å²) >= 11 is 0. The molecule has 6 nitrogen and oxygen atoms in total. The fraction of sp³-hybridized carbons (Fsp3) is 0.562. The Morgan fingerprint density at radius 3 is 2.74 bits per heavy atom. The minimum atomic E-state index is -3.22. The monoisotopic (exact) mass is 340 g/mol. The summed E-state index contributed by atoms with van der Waals surface area (Å²) in [5.74, 6) is -0.122. The van der Waals surface area contributed by atoms with Gasteiger partial charge in [0.05, 0.1) is 17.9 Å². The number of hydrogen-bond acceptors (Lipinski definition) is 4. The van der Waals surface area contributed by atoms with E-state index >= 15 is 0 Å². The van der Waals surface area contributed by atoms with Crippen LogP contribution in [0.2, 0.25) is 0 Å². The van der Waals surface area contributed by atoms with Gasteiger partial charge in [0.2, 0.25) is 0 Å². The maximum atomic E-state index is 12.5. The van der Waals surface area contributed by atoms with E-state index in [1.807, 2.05) is 37.3 Å². The van der Waals surface area contributed by atoms with Gasteiger partial charge in [-0.1, -0.05) is 30.3 Å². The van der Waals surface area contributed by atoms with E-state index in [1.54, 1.807) is 4.90 Å². The van der Waals surface area contributed by atoms with Crippen LogP contribution in [0.5, 0.6) is 0 Å². The summed E-state index contributed by atoms with van der Waals surface area (Å²) in [6.45, 7) is 3.68. The van der Waals surface area contributed by atoms with E-state index in [1.165, 1.54) is 6.26 Å². The Labute approximate surface area is 137 Å². The Hall–Kier alpha value is -1.60. The molecule has 2 amide bonds. The molecule has 1 aliphatic heterocycles. The standard InChI is InChI=1S/C16H24N2O4S/c1-13-11-18(9-6-10-22-13)16(19)17-15(12-23(2,20)21)14-7-4-3-5-8-14/h3-5,7-8,13,15H,6,9-12H2,1-2H3,(H,17,19). The van der Waals surface area contributed by atoms with Crippen LogP contribution < -0.4 is 5.32 Å². The zero-order valence-electron chi connectivity index (χ0n) is 13.6. The molecule has 1 N–H and O–H groups in total. The quantitative estimate of drug-likeness (QED) is 0.903. The zero-order chi connectivity index (χ0) is 16.9. The smallest absolute Gasteiger partial charge is 0.318 e. The molecule has 2 unspecified atom stereocenters. The van der Waals surface area contributed by atoms with Crippen LogP contribution in [0.3, 0.4) is 0 Å². The highest BCUT2D eigenvalue weighted by Gasteiger charge is 2.24. The van der Waals surface area contributed by atoms with Gasteiger partial charge in [-0.15, -0.1) is 0 Å². The van der Waals surface area contributed by atoms with Crippen molar-refractivity contribution >= 4 is 15.9 Å². The molecule has 2 rings (SSSR count). The lowest BCUT2D eigenvalue weighted by molar-refractivity contribution is 0.0709. The van der Waals surface area contributed by atoms with Gasteiger partial charge in [0.1, 0.15) is 9.84 Å². The minimum Gasteiger partial charge on any atom is -0.377 e. The largest absolute Gasteiger partial charge is 0.377 e. The molecule has 1 saturated heterocycles. The van der Waals surface area contributed by atoms with Crippen LogP contribution in [0.1, 0.15) is 24.9 Å². The van der Waals surface area contributed by atoms with E-state index in [2.05, 4.69) is 5.32 Å². The number of urea groups is 1. The molecule has 0 bridgehead atoms. The lowest BCUT2D eigenvalue weighted by Gasteiger charge is -2.26. The number of nitrogens with zero attached hydrogens (tertiary/aromatic N) is 1. The Kier molecular flexibility index (Phi) is 6.01. The van der Waals surface area contributed by atoms with Gasteiger partial charge in [0.25, 0.3) is 0 Å². The molecule has 0 spiro atoms. The average Bonchev–Trinajstić information content (AvgIpc) is 2.71. The third-order valence-electron chi connectivity index (χ3n) is 3.71. The minimum absolute atomic E-state index is 0.0201. The average molecular weight is 340 g/mol. The van der Waals surface area contributed by atoms with E-state index in [4.69, 9.17) is 4.74 Å². The highest BCUT2D eigenvalue weighted by atomic mass is 32.2. The van der Waals surface area contributed by atoms with Crippen molar-refractivity contribution in [3.05, 3.63) is 35.9 Å². The number of carbonyl (C=O) groups excluding carboxylic acids is 1. The predicted molar refractivity (Wildman–Crippen MR) is 89.0 cm³/mol. The molecule has 1 aromatic carbocycles. The number of carbonyl (C=O) groups is 1. The molecular weight excluding hydrogens is 316 g/mol. The summed E-state index contributed by atoms with van der Waals surface area (Å²) < 4.78 is 28.9. The van der Waals surface area contributed by atoms with Gasteiger partial charge in [-0.3, -0.25) is 0 Å². The van der Waals surface area contributed by atoms with Crippen LogP contribution in [0.15, 0.2) is 30.3 Å². The van der Waals surface area contributed by atoms with Gasteiger partial charge in [-0.25, -0.2) is 13.2 Å². The number of sulfone groups is 1. The zero-order valence-corrected chi connectivity index (χ0v) is 14.4. The van der Waals surface area contributed by atoms with E-state index in [-0.39, 0.29) is 17.9 Å². The van der Waals surface area contributed by atoms with Crippen molar-refractivity contribution in [3.63, 3.8) is 0 Å². The first-order chi connectivity index (χ1) is 10.8. The molecule has 0 aromatic heterocycles. The molecule has 23 heavy (non-hydrogen) atoms.